The fourth-order valence-electron chi connectivity index (χ4n) is 2.17. The fourth-order valence-corrected chi connectivity index (χ4v) is 2.17. The number of nitrogens with one attached hydrogen (secondary N) is 1. The van der Waals surface area contributed by atoms with Crippen molar-refractivity contribution in [3.63, 3.8) is 0 Å². The average molecular weight is 340 g/mol. The van der Waals surface area contributed by atoms with Crippen LogP contribution in [0.15, 0.2) is 30.5 Å². The lowest BCUT2D eigenvalue weighted by molar-refractivity contribution is -0.143. The van der Waals surface area contributed by atoms with E-state index >= 15 is 0 Å². The number of nitrogens with zero attached hydrogens (tertiary/aromatic N) is 2. The second-order valence-electron chi connectivity index (χ2n) is 6.27. The first-order valence-electron chi connectivity index (χ1n) is 7.29. The zero-order chi connectivity index (χ0) is 18.1. The van der Waals surface area contributed by atoms with E-state index in [4.69, 9.17) is 5.73 Å². The fraction of sp³-hybridized carbons (Fsp3) is 0.375. The molecule has 8 heteroatoms. The number of hydrogen-bond donors (Lipinski definition) is 2. The van der Waals surface area contributed by atoms with Crippen LogP contribution in [0.5, 0.6) is 0 Å². The first kappa shape index (κ1) is 18.0. The van der Waals surface area contributed by atoms with Crippen LogP contribution in [-0.4, -0.2) is 27.8 Å². The molecule has 3 N–H and O–H groups in total. The minimum absolute atomic E-state index is 0.0404. The molecule has 0 bridgehead atoms. The van der Waals surface area contributed by atoms with Crippen LogP contribution in [0.25, 0.3) is 5.69 Å². The minimum Gasteiger partial charge on any atom is -0.350 e. The molecular formula is C16H19F3N4O. The minimum atomic E-state index is -4.73. The number of benzene rings is 1. The smallest absolute Gasteiger partial charge is 0.350 e. The Balaban J connectivity index is 2.48. The van der Waals surface area contributed by atoms with E-state index in [0.717, 1.165) is 10.9 Å². The molecule has 0 unspecified atom stereocenters. The molecule has 5 nitrogen and oxygen atoms in total. The summed E-state index contributed by atoms with van der Waals surface area (Å²) in [7, 11) is 0. The third-order valence-corrected chi connectivity index (χ3v) is 3.33. The first-order valence-corrected chi connectivity index (χ1v) is 7.29. The molecule has 0 aliphatic carbocycles. The van der Waals surface area contributed by atoms with Crippen LogP contribution in [0.3, 0.4) is 0 Å². The maximum atomic E-state index is 13.5. The molecule has 2 aromatic rings. The Morgan fingerprint density at radius 1 is 1.29 bits per heavy atom. The summed E-state index contributed by atoms with van der Waals surface area (Å²) in [5.74, 6) is -0.860. The Morgan fingerprint density at radius 2 is 1.92 bits per heavy atom. The number of carbonyl (C=O) groups is 1. The van der Waals surface area contributed by atoms with E-state index in [0.29, 0.717) is 5.56 Å². The van der Waals surface area contributed by atoms with Crippen molar-refractivity contribution >= 4 is 5.91 Å². The molecule has 0 aliphatic rings. The summed E-state index contributed by atoms with van der Waals surface area (Å²) in [4.78, 5) is 12.2. The van der Waals surface area contributed by atoms with E-state index in [1.807, 2.05) is 0 Å². The van der Waals surface area contributed by atoms with Crippen LogP contribution < -0.4 is 11.1 Å². The number of rotatable bonds is 4. The highest BCUT2D eigenvalue weighted by atomic mass is 19.4. The van der Waals surface area contributed by atoms with Gasteiger partial charge < -0.3 is 11.1 Å². The van der Waals surface area contributed by atoms with E-state index in [-0.39, 0.29) is 12.2 Å². The van der Waals surface area contributed by atoms with E-state index in [2.05, 4.69) is 10.4 Å². The molecule has 0 saturated heterocycles. The SMILES string of the molecule is Cc1ccccc1-n1ncc(C(=O)NCC(C)(C)N)c1C(F)(F)F. The number of para-hydroxylation sites is 1. The standard InChI is InChI=1S/C16H19F3N4O/c1-10-6-4-5-7-12(10)23-13(16(17,18)19)11(8-22-23)14(24)21-9-15(2,3)20/h4-8H,9,20H2,1-3H3,(H,21,24). The largest absolute Gasteiger partial charge is 0.434 e. The first-order chi connectivity index (χ1) is 11.0. The number of carbonyl (C=O) groups excluding carboxylic acids is 1. The van der Waals surface area contributed by atoms with Crippen molar-refractivity contribution in [3.05, 3.63) is 47.3 Å². The van der Waals surface area contributed by atoms with Gasteiger partial charge in [0, 0.05) is 12.1 Å². The number of halogens is 3. The van der Waals surface area contributed by atoms with E-state index in [9.17, 15) is 18.0 Å². The predicted molar refractivity (Wildman–Crippen MR) is 83.9 cm³/mol. The second-order valence-corrected chi connectivity index (χ2v) is 6.27. The van der Waals surface area contributed by atoms with Gasteiger partial charge in [-0.15, -0.1) is 0 Å². The van der Waals surface area contributed by atoms with Gasteiger partial charge in [0.2, 0.25) is 0 Å². The van der Waals surface area contributed by atoms with E-state index in [1.54, 1.807) is 39.0 Å². The number of aromatic nitrogens is 2. The van der Waals surface area contributed by atoms with Crippen molar-refractivity contribution in [3.8, 4) is 5.69 Å². The molecule has 0 atom stereocenters. The van der Waals surface area contributed by atoms with Crippen molar-refractivity contribution in [2.24, 2.45) is 5.73 Å². The summed E-state index contributed by atoms with van der Waals surface area (Å²) in [6.45, 7) is 5.04. The maximum absolute atomic E-state index is 13.5. The van der Waals surface area contributed by atoms with Crippen LogP contribution in [0.1, 0.15) is 35.5 Å². The zero-order valence-corrected chi connectivity index (χ0v) is 13.6. The third kappa shape index (κ3) is 3.94. The average Bonchev–Trinajstić information content (AvgIpc) is 2.89. The maximum Gasteiger partial charge on any atom is 0.434 e. The lowest BCUT2D eigenvalue weighted by atomic mass is 10.1. The van der Waals surface area contributed by atoms with Crippen molar-refractivity contribution in [1.29, 1.82) is 0 Å². The van der Waals surface area contributed by atoms with E-state index < -0.39 is 28.9 Å². The summed E-state index contributed by atoms with van der Waals surface area (Å²) >= 11 is 0. The highest BCUT2D eigenvalue weighted by Gasteiger charge is 2.40. The molecule has 1 amide bonds. The van der Waals surface area contributed by atoms with Gasteiger partial charge >= 0.3 is 6.18 Å². The van der Waals surface area contributed by atoms with Gasteiger partial charge in [0.05, 0.1) is 17.4 Å². The van der Waals surface area contributed by atoms with Crippen LogP contribution in [0.4, 0.5) is 13.2 Å². The van der Waals surface area contributed by atoms with Gasteiger partial charge in [-0.3, -0.25) is 4.79 Å². The molecule has 0 aliphatic heterocycles. The lowest BCUT2D eigenvalue weighted by Crippen LogP contribution is -2.45. The van der Waals surface area contributed by atoms with Crippen molar-refractivity contribution in [1.82, 2.24) is 15.1 Å². The molecule has 1 aromatic heterocycles. The highest BCUT2D eigenvalue weighted by molar-refractivity contribution is 5.95. The summed E-state index contributed by atoms with van der Waals surface area (Å²) < 4.78 is 41.3. The lowest BCUT2D eigenvalue weighted by Gasteiger charge is -2.19. The molecule has 24 heavy (non-hydrogen) atoms. The summed E-state index contributed by atoms with van der Waals surface area (Å²) in [5.41, 5.74) is 4.25. The molecule has 130 valence electrons. The summed E-state index contributed by atoms with van der Waals surface area (Å²) in [6, 6.07) is 6.52. The Morgan fingerprint density at radius 3 is 2.46 bits per heavy atom. The van der Waals surface area contributed by atoms with Crippen LogP contribution in [-0.2, 0) is 6.18 Å². The van der Waals surface area contributed by atoms with Gasteiger partial charge in [0.15, 0.2) is 5.69 Å². The number of hydrogen-bond acceptors (Lipinski definition) is 3. The third-order valence-electron chi connectivity index (χ3n) is 3.33. The Labute approximate surface area is 137 Å². The molecule has 2 rings (SSSR count). The molecule has 1 aromatic carbocycles. The van der Waals surface area contributed by atoms with Crippen LogP contribution in [0.2, 0.25) is 0 Å². The van der Waals surface area contributed by atoms with Crippen LogP contribution >= 0.6 is 0 Å². The monoisotopic (exact) mass is 340 g/mol. The Bertz CT molecular complexity index is 745. The second kappa shape index (κ2) is 6.27. The van der Waals surface area contributed by atoms with Gasteiger partial charge in [-0.25, -0.2) is 4.68 Å². The van der Waals surface area contributed by atoms with Gasteiger partial charge in [-0.2, -0.15) is 18.3 Å². The van der Waals surface area contributed by atoms with Crippen molar-refractivity contribution in [2.75, 3.05) is 6.54 Å². The molecular weight excluding hydrogens is 321 g/mol. The van der Waals surface area contributed by atoms with Crippen molar-refractivity contribution < 1.29 is 18.0 Å². The van der Waals surface area contributed by atoms with Gasteiger partial charge in [-0.05, 0) is 32.4 Å². The quantitative estimate of drug-likeness (QED) is 0.899. The number of amides is 1. The number of alkyl halides is 3. The van der Waals surface area contributed by atoms with E-state index in [1.165, 1.54) is 6.07 Å². The summed E-state index contributed by atoms with van der Waals surface area (Å²) in [5, 5.41) is 6.20. The Kier molecular flexibility index (Phi) is 4.70. The zero-order valence-electron chi connectivity index (χ0n) is 13.6. The molecule has 0 radical (unpaired) electrons. The molecule has 1 heterocycles. The molecule has 0 spiro atoms. The normalized spacial score (nSPS) is 12.3. The van der Waals surface area contributed by atoms with Gasteiger partial charge in [0.1, 0.15) is 0 Å². The van der Waals surface area contributed by atoms with Crippen molar-refractivity contribution in [2.45, 2.75) is 32.5 Å². The highest BCUT2D eigenvalue weighted by Crippen LogP contribution is 2.34. The van der Waals surface area contributed by atoms with Crippen LogP contribution in [0, 0.1) is 6.92 Å². The molecule has 0 saturated carbocycles. The van der Waals surface area contributed by atoms with Gasteiger partial charge in [0.25, 0.3) is 5.91 Å². The Hall–Kier alpha value is -2.35. The number of aryl methyl sites for hydroxylation is 1. The number of nitrogens with two attached hydrogens (primary N) is 1. The van der Waals surface area contributed by atoms with Gasteiger partial charge in [-0.1, -0.05) is 18.2 Å². The molecule has 0 fully saturated rings. The summed E-state index contributed by atoms with van der Waals surface area (Å²) in [6.07, 6.45) is -3.81. The predicted octanol–water partition coefficient (Wildman–Crippen LogP) is 2.67. The topological polar surface area (TPSA) is 72.9 Å².